The molecule has 2 aliphatic heterocycles. The molecule has 0 amide bonds. The van der Waals surface area contributed by atoms with Crippen LogP contribution < -0.4 is 10.6 Å². The van der Waals surface area contributed by atoms with Crippen LogP contribution >= 0.6 is 24.0 Å². The molecule has 5 nitrogen and oxygen atoms in total. The molecular weight excluding hydrogens is 473 g/mol. The van der Waals surface area contributed by atoms with Crippen molar-refractivity contribution >= 4 is 29.9 Å². The monoisotopic (exact) mass is 513 g/mol. The van der Waals surface area contributed by atoms with Crippen molar-refractivity contribution in [2.24, 2.45) is 4.99 Å². The van der Waals surface area contributed by atoms with Crippen LogP contribution in [0.25, 0.3) is 0 Å². The summed E-state index contributed by atoms with van der Waals surface area (Å²) in [6.07, 6.45) is 6.23. The van der Waals surface area contributed by atoms with Gasteiger partial charge >= 0.3 is 0 Å². The Kier molecular flexibility index (Phi) is 11.3. The number of nitrogens with zero attached hydrogens (tertiary/aromatic N) is 3. The molecule has 2 N–H and O–H groups in total. The lowest BCUT2D eigenvalue weighted by atomic mass is 10.1. The van der Waals surface area contributed by atoms with Crippen LogP contribution in [0, 0.1) is 0 Å². The first-order valence-corrected chi connectivity index (χ1v) is 11.3. The summed E-state index contributed by atoms with van der Waals surface area (Å²) in [5.74, 6) is 1.00. The molecule has 2 heterocycles. The van der Waals surface area contributed by atoms with E-state index in [1.165, 1.54) is 63.8 Å². The fourth-order valence-corrected chi connectivity index (χ4v) is 4.46. The molecule has 6 heteroatoms. The summed E-state index contributed by atoms with van der Waals surface area (Å²) in [4.78, 5) is 10.2. The summed E-state index contributed by atoms with van der Waals surface area (Å²) in [6, 6.07) is 11.9. The van der Waals surface area contributed by atoms with Gasteiger partial charge in [0.1, 0.15) is 0 Å². The van der Waals surface area contributed by atoms with Crippen molar-refractivity contribution in [3.05, 3.63) is 35.9 Å². The highest BCUT2D eigenvalue weighted by Gasteiger charge is 2.25. The van der Waals surface area contributed by atoms with Gasteiger partial charge in [-0.15, -0.1) is 24.0 Å². The largest absolute Gasteiger partial charge is 0.357 e. The SMILES string of the molecule is CCCN1CCC(NC(=NCC2CCCN2Cc2ccccc2)NCC)CC1.I. The Labute approximate surface area is 194 Å². The summed E-state index contributed by atoms with van der Waals surface area (Å²) in [5, 5.41) is 7.16. The first kappa shape index (κ1) is 24.4. The molecule has 2 fully saturated rings. The lowest BCUT2D eigenvalue weighted by Crippen LogP contribution is -2.49. The molecule has 3 rings (SSSR count). The van der Waals surface area contributed by atoms with Crippen molar-refractivity contribution in [3.8, 4) is 0 Å². The van der Waals surface area contributed by atoms with Crippen LogP contribution in [0.3, 0.4) is 0 Å². The minimum absolute atomic E-state index is 0. The van der Waals surface area contributed by atoms with Gasteiger partial charge in [0.15, 0.2) is 5.96 Å². The number of piperidine rings is 1. The smallest absolute Gasteiger partial charge is 0.191 e. The maximum absolute atomic E-state index is 4.98. The average Bonchev–Trinajstić information content (AvgIpc) is 3.16. The first-order chi connectivity index (χ1) is 13.8. The zero-order valence-corrected chi connectivity index (χ0v) is 20.6. The van der Waals surface area contributed by atoms with Gasteiger partial charge in [-0.1, -0.05) is 37.3 Å². The number of aliphatic imine (C=N–C) groups is 1. The van der Waals surface area contributed by atoms with Crippen LogP contribution in [-0.2, 0) is 6.54 Å². The molecule has 1 aromatic carbocycles. The Morgan fingerprint density at radius 3 is 2.52 bits per heavy atom. The zero-order valence-electron chi connectivity index (χ0n) is 18.3. The Balaban J connectivity index is 0.00000300. The number of guanidine groups is 1. The van der Waals surface area contributed by atoms with E-state index in [9.17, 15) is 0 Å². The molecule has 1 unspecified atom stereocenters. The van der Waals surface area contributed by atoms with E-state index in [1.807, 2.05) is 0 Å². The lowest BCUT2D eigenvalue weighted by molar-refractivity contribution is 0.206. The van der Waals surface area contributed by atoms with Crippen LogP contribution in [0.4, 0.5) is 0 Å². The fourth-order valence-electron chi connectivity index (χ4n) is 4.46. The van der Waals surface area contributed by atoms with Gasteiger partial charge in [-0.3, -0.25) is 9.89 Å². The molecule has 0 bridgehead atoms. The van der Waals surface area contributed by atoms with Gasteiger partial charge in [0.2, 0.25) is 0 Å². The van der Waals surface area contributed by atoms with Crippen LogP contribution in [0.15, 0.2) is 35.3 Å². The lowest BCUT2D eigenvalue weighted by Gasteiger charge is -2.33. The van der Waals surface area contributed by atoms with Gasteiger partial charge in [0.25, 0.3) is 0 Å². The fraction of sp³-hybridized carbons (Fsp3) is 0.696. The third-order valence-electron chi connectivity index (χ3n) is 6.00. The first-order valence-electron chi connectivity index (χ1n) is 11.3. The third-order valence-corrected chi connectivity index (χ3v) is 6.00. The van der Waals surface area contributed by atoms with E-state index in [-0.39, 0.29) is 24.0 Å². The standard InChI is InChI=1S/C23H39N5.HI/c1-3-14-27-16-12-21(13-17-27)26-23(24-4-2)25-18-22-11-8-15-28(22)19-20-9-6-5-7-10-20;/h5-7,9-10,21-22H,3-4,8,11-19H2,1-2H3,(H2,24,25,26);1H. The van der Waals surface area contributed by atoms with E-state index in [0.29, 0.717) is 12.1 Å². The normalized spacial score (nSPS) is 21.7. The molecule has 0 saturated carbocycles. The van der Waals surface area contributed by atoms with E-state index in [1.54, 1.807) is 0 Å². The van der Waals surface area contributed by atoms with Gasteiger partial charge in [-0.05, 0) is 57.7 Å². The van der Waals surface area contributed by atoms with Crippen LogP contribution in [0.5, 0.6) is 0 Å². The number of benzene rings is 1. The van der Waals surface area contributed by atoms with Crippen LogP contribution in [0.2, 0.25) is 0 Å². The quantitative estimate of drug-likeness (QED) is 0.316. The van der Waals surface area contributed by atoms with Crippen LogP contribution in [-0.4, -0.2) is 67.1 Å². The highest BCUT2D eigenvalue weighted by molar-refractivity contribution is 14.0. The maximum atomic E-state index is 4.98. The second-order valence-corrected chi connectivity index (χ2v) is 8.23. The van der Waals surface area contributed by atoms with E-state index in [2.05, 4.69) is 64.6 Å². The Bertz CT molecular complexity index is 586. The summed E-state index contributed by atoms with van der Waals surface area (Å²) >= 11 is 0. The van der Waals surface area contributed by atoms with Gasteiger partial charge in [-0.2, -0.15) is 0 Å². The van der Waals surface area contributed by atoms with Crippen molar-refractivity contribution in [1.29, 1.82) is 0 Å². The van der Waals surface area contributed by atoms with Crippen molar-refractivity contribution in [2.45, 2.75) is 64.6 Å². The van der Waals surface area contributed by atoms with E-state index in [0.717, 1.165) is 25.6 Å². The predicted octanol–water partition coefficient (Wildman–Crippen LogP) is 3.70. The summed E-state index contributed by atoms with van der Waals surface area (Å²) in [5.41, 5.74) is 1.40. The highest BCUT2D eigenvalue weighted by atomic mass is 127. The minimum atomic E-state index is 0. The molecule has 0 spiro atoms. The predicted molar refractivity (Wildman–Crippen MR) is 134 cm³/mol. The van der Waals surface area contributed by atoms with E-state index in [4.69, 9.17) is 4.99 Å². The molecular formula is C23H40IN5. The Hall–Kier alpha value is -0.860. The second-order valence-electron chi connectivity index (χ2n) is 8.23. The van der Waals surface area contributed by atoms with Crippen molar-refractivity contribution in [3.63, 3.8) is 0 Å². The van der Waals surface area contributed by atoms with Gasteiger partial charge in [0, 0.05) is 38.3 Å². The topological polar surface area (TPSA) is 42.9 Å². The number of hydrogen-bond donors (Lipinski definition) is 2. The molecule has 29 heavy (non-hydrogen) atoms. The van der Waals surface area contributed by atoms with Gasteiger partial charge in [-0.25, -0.2) is 0 Å². The zero-order chi connectivity index (χ0) is 19.6. The van der Waals surface area contributed by atoms with Crippen molar-refractivity contribution in [1.82, 2.24) is 20.4 Å². The second kappa shape index (κ2) is 13.4. The Morgan fingerprint density at radius 1 is 1.07 bits per heavy atom. The molecule has 1 aromatic rings. The summed E-state index contributed by atoms with van der Waals surface area (Å²) < 4.78 is 0. The summed E-state index contributed by atoms with van der Waals surface area (Å²) in [6.45, 7) is 12.1. The molecule has 2 saturated heterocycles. The highest BCUT2D eigenvalue weighted by Crippen LogP contribution is 2.20. The third kappa shape index (κ3) is 8.06. The molecule has 0 aromatic heterocycles. The number of likely N-dealkylation sites (tertiary alicyclic amines) is 2. The number of hydrogen-bond acceptors (Lipinski definition) is 3. The minimum Gasteiger partial charge on any atom is -0.357 e. The average molecular weight is 514 g/mol. The maximum Gasteiger partial charge on any atom is 0.191 e. The molecule has 0 radical (unpaired) electrons. The molecule has 0 aliphatic carbocycles. The van der Waals surface area contributed by atoms with Crippen molar-refractivity contribution in [2.75, 3.05) is 39.3 Å². The number of nitrogens with one attached hydrogen (secondary N) is 2. The summed E-state index contributed by atoms with van der Waals surface area (Å²) in [7, 11) is 0. The van der Waals surface area contributed by atoms with Gasteiger partial charge in [0.05, 0.1) is 6.54 Å². The number of rotatable bonds is 8. The van der Waals surface area contributed by atoms with Gasteiger partial charge < -0.3 is 15.5 Å². The molecule has 2 aliphatic rings. The van der Waals surface area contributed by atoms with Crippen LogP contribution in [0.1, 0.15) is 51.5 Å². The molecule has 164 valence electrons. The Morgan fingerprint density at radius 2 is 1.83 bits per heavy atom. The van der Waals surface area contributed by atoms with Crippen molar-refractivity contribution < 1.29 is 0 Å². The van der Waals surface area contributed by atoms with E-state index < -0.39 is 0 Å². The number of halogens is 1. The molecule has 1 atom stereocenters. The van der Waals surface area contributed by atoms with E-state index >= 15 is 0 Å².